The summed E-state index contributed by atoms with van der Waals surface area (Å²) in [7, 11) is 1.48. The predicted molar refractivity (Wildman–Crippen MR) is 89.3 cm³/mol. The van der Waals surface area contributed by atoms with E-state index in [-0.39, 0.29) is 35.7 Å². The Bertz CT molecular complexity index is 842. The number of nitrogens with one attached hydrogen (secondary N) is 1. The van der Waals surface area contributed by atoms with E-state index in [2.05, 4.69) is 9.73 Å². The highest BCUT2D eigenvalue weighted by Crippen LogP contribution is 2.15. The number of rotatable bonds is 7. The first-order valence-electron chi connectivity index (χ1n) is 7.60. The van der Waals surface area contributed by atoms with Gasteiger partial charge in [0.25, 0.3) is 11.8 Å². The molecule has 0 saturated carbocycles. The molecule has 2 rings (SSSR count). The van der Waals surface area contributed by atoms with Gasteiger partial charge in [0, 0.05) is 30.4 Å². The molecule has 0 bridgehead atoms. The summed E-state index contributed by atoms with van der Waals surface area (Å²) in [6.45, 7) is -0.647. The number of carbonyl (C=O) groups excluding carboxylic acids is 2. The molecule has 0 fully saturated rings. The number of aliphatic hydroxyl groups excluding tert-OH is 2. The van der Waals surface area contributed by atoms with E-state index in [0.717, 1.165) is 6.26 Å². The first-order valence-corrected chi connectivity index (χ1v) is 7.60. The van der Waals surface area contributed by atoms with Crippen molar-refractivity contribution in [2.75, 3.05) is 25.9 Å². The summed E-state index contributed by atoms with van der Waals surface area (Å²) < 4.78 is 9.25. The average Bonchev–Trinajstić information content (AvgIpc) is 3.02. The van der Waals surface area contributed by atoms with Crippen molar-refractivity contribution in [2.24, 2.45) is 0 Å². The Morgan fingerprint density at radius 1 is 1.31 bits per heavy atom. The molecule has 0 aliphatic rings. The highest BCUT2D eigenvalue weighted by Gasteiger charge is 2.17. The molecular weight excluding hydrogens is 346 g/mol. The molecule has 0 saturated heterocycles. The molecule has 2 amide bonds. The zero-order chi connectivity index (χ0) is 19.3. The van der Waals surface area contributed by atoms with Gasteiger partial charge in [0.15, 0.2) is 5.76 Å². The van der Waals surface area contributed by atoms with Crippen molar-refractivity contribution in [1.29, 1.82) is 0 Å². The quantitative estimate of drug-likeness (QED) is 0.463. The Labute approximate surface area is 147 Å². The van der Waals surface area contributed by atoms with E-state index in [1.807, 2.05) is 0 Å². The Kier molecular flexibility index (Phi) is 6.15. The molecule has 10 nitrogen and oxygen atoms in total. The maximum atomic E-state index is 12.5. The second kappa shape index (κ2) is 8.32. The van der Waals surface area contributed by atoms with Crippen molar-refractivity contribution in [2.45, 2.75) is 12.6 Å². The number of amides is 2. The second-order valence-electron chi connectivity index (χ2n) is 5.61. The predicted octanol–water partition coefficient (Wildman–Crippen LogP) is -0.830. The number of hydrogen-bond acceptors (Lipinski definition) is 8. The molecule has 5 N–H and O–H groups in total. The van der Waals surface area contributed by atoms with Gasteiger partial charge in [-0.25, -0.2) is 4.79 Å². The van der Waals surface area contributed by atoms with Crippen LogP contribution in [-0.4, -0.2) is 53.2 Å². The molecule has 1 aromatic carbocycles. The van der Waals surface area contributed by atoms with Crippen LogP contribution < -0.4 is 16.9 Å². The number of nitrogens with zero attached hydrogens (tertiary/aromatic N) is 1. The van der Waals surface area contributed by atoms with E-state index in [0.29, 0.717) is 0 Å². The summed E-state index contributed by atoms with van der Waals surface area (Å²) >= 11 is 0. The molecule has 1 unspecified atom stereocenters. The van der Waals surface area contributed by atoms with E-state index in [1.165, 1.54) is 30.1 Å². The van der Waals surface area contributed by atoms with Crippen LogP contribution in [0.3, 0.4) is 0 Å². The van der Waals surface area contributed by atoms with Gasteiger partial charge in [0.1, 0.15) is 6.26 Å². The van der Waals surface area contributed by atoms with Crippen molar-refractivity contribution < 1.29 is 28.6 Å². The van der Waals surface area contributed by atoms with Gasteiger partial charge in [0.05, 0.1) is 19.3 Å². The van der Waals surface area contributed by atoms with Crippen LogP contribution in [0.15, 0.2) is 38.1 Å². The van der Waals surface area contributed by atoms with Gasteiger partial charge in [-0.1, -0.05) is 0 Å². The fraction of sp³-hybridized carbons (Fsp3) is 0.312. The molecule has 10 heteroatoms. The minimum Gasteiger partial charge on any atom is -0.399 e. The number of benzene rings is 1. The summed E-state index contributed by atoms with van der Waals surface area (Å²) in [5, 5.41) is 20.5. The fourth-order valence-electron chi connectivity index (χ4n) is 2.15. The minimum absolute atomic E-state index is 0.0103. The third kappa shape index (κ3) is 4.94. The van der Waals surface area contributed by atoms with Crippen LogP contribution >= 0.6 is 0 Å². The van der Waals surface area contributed by atoms with Crippen molar-refractivity contribution in [3.05, 3.63) is 52.0 Å². The van der Waals surface area contributed by atoms with Gasteiger partial charge in [0.2, 0.25) is 0 Å². The molecule has 0 aliphatic carbocycles. The standard InChI is InChI=1S/C16H19N3O7/c1-19(6-13-8-25-16(24)26-13)15(23)10-2-9(3-11(17)4-10)14(22)18-5-12(21)7-20/h2-4,8,12,20-21H,5-7,17H2,1H3,(H,18,22). The van der Waals surface area contributed by atoms with Crippen LogP contribution in [0.2, 0.25) is 0 Å². The molecule has 26 heavy (non-hydrogen) atoms. The Hall–Kier alpha value is -3.11. The second-order valence-corrected chi connectivity index (χ2v) is 5.61. The number of nitrogen functional groups attached to an aromatic ring is 1. The topological polar surface area (TPSA) is 159 Å². The van der Waals surface area contributed by atoms with Gasteiger partial charge in [-0.15, -0.1) is 0 Å². The zero-order valence-corrected chi connectivity index (χ0v) is 14.0. The minimum atomic E-state index is -1.09. The normalized spacial score (nSPS) is 11.8. The smallest absolute Gasteiger partial charge is 0.399 e. The molecule has 1 aromatic heterocycles. The third-order valence-corrected chi connectivity index (χ3v) is 3.41. The number of carbonyl (C=O) groups is 2. The summed E-state index contributed by atoms with van der Waals surface area (Å²) in [6, 6.07) is 4.14. The number of anilines is 1. The van der Waals surface area contributed by atoms with Crippen LogP contribution in [0.4, 0.5) is 5.69 Å². The van der Waals surface area contributed by atoms with Gasteiger partial charge >= 0.3 is 5.82 Å². The SMILES string of the molecule is CN(Cc1coc(=O)o1)C(=O)c1cc(N)cc(C(=O)NCC(O)CO)c1. The lowest BCUT2D eigenvalue weighted by Gasteiger charge is -2.16. The maximum Gasteiger partial charge on any atom is 0.518 e. The van der Waals surface area contributed by atoms with Crippen molar-refractivity contribution in [1.82, 2.24) is 10.2 Å². The van der Waals surface area contributed by atoms with Crippen LogP contribution in [0, 0.1) is 0 Å². The first-order chi connectivity index (χ1) is 12.3. The Balaban J connectivity index is 2.13. The third-order valence-electron chi connectivity index (χ3n) is 3.41. The van der Waals surface area contributed by atoms with E-state index < -0.39 is 30.3 Å². The first kappa shape index (κ1) is 19.2. The van der Waals surface area contributed by atoms with Gasteiger partial charge in [-0.05, 0) is 18.2 Å². The van der Waals surface area contributed by atoms with Gasteiger partial charge in [-0.2, -0.15) is 0 Å². The number of hydrogen-bond donors (Lipinski definition) is 4. The lowest BCUT2D eigenvalue weighted by atomic mass is 10.1. The maximum absolute atomic E-state index is 12.5. The summed E-state index contributed by atoms with van der Waals surface area (Å²) in [4.78, 5) is 36.8. The van der Waals surface area contributed by atoms with Crippen LogP contribution in [0.25, 0.3) is 0 Å². The van der Waals surface area contributed by atoms with E-state index in [1.54, 1.807) is 0 Å². The van der Waals surface area contributed by atoms with E-state index >= 15 is 0 Å². The highest BCUT2D eigenvalue weighted by molar-refractivity contribution is 6.00. The monoisotopic (exact) mass is 365 g/mol. The Morgan fingerprint density at radius 2 is 2.00 bits per heavy atom. The number of nitrogens with two attached hydrogens (primary N) is 1. The van der Waals surface area contributed by atoms with Gasteiger partial charge in [-0.3, -0.25) is 9.59 Å². The highest BCUT2D eigenvalue weighted by atomic mass is 16.6. The van der Waals surface area contributed by atoms with Crippen LogP contribution in [-0.2, 0) is 6.54 Å². The van der Waals surface area contributed by atoms with Crippen molar-refractivity contribution in [3.63, 3.8) is 0 Å². The van der Waals surface area contributed by atoms with Gasteiger partial charge < -0.3 is 35.0 Å². The van der Waals surface area contributed by atoms with Crippen molar-refractivity contribution in [3.8, 4) is 0 Å². The molecule has 0 aliphatic heterocycles. The van der Waals surface area contributed by atoms with Crippen LogP contribution in [0.1, 0.15) is 26.5 Å². The van der Waals surface area contributed by atoms with Crippen molar-refractivity contribution >= 4 is 17.5 Å². The molecular formula is C16H19N3O7. The molecule has 0 radical (unpaired) electrons. The average molecular weight is 365 g/mol. The number of aliphatic hydroxyl groups is 2. The molecule has 140 valence electrons. The molecule has 2 aromatic rings. The largest absolute Gasteiger partial charge is 0.518 e. The lowest BCUT2D eigenvalue weighted by molar-refractivity contribution is 0.0774. The fourth-order valence-corrected chi connectivity index (χ4v) is 2.15. The summed E-state index contributed by atoms with van der Waals surface area (Å²) in [6.07, 6.45) is 0.0217. The van der Waals surface area contributed by atoms with E-state index in [4.69, 9.17) is 15.3 Å². The van der Waals surface area contributed by atoms with Crippen LogP contribution in [0.5, 0.6) is 0 Å². The van der Waals surface area contributed by atoms with E-state index in [9.17, 15) is 19.5 Å². The summed E-state index contributed by atoms with van der Waals surface area (Å²) in [5.74, 6) is -1.70. The molecule has 1 atom stereocenters. The molecule has 0 spiro atoms. The lowest BCUT2D eigenvalue weighted by Crippen LogP contribution is -2.34. The molecule has 1 heterocycles. The summed E-state index contributed by atoms with van der Waals surface area (Å²) in [5.41, 5.74) is 6.24. The Morgan fingerprint density at radius 3 is 2.62 bits per heavy atom. The zero-order valence-electron chi connectivity index (χ0n) is 14.0.